The molecule has 1 aromatic rings. The predicted octanol–water partition coefficient (Wildman–Crippen LogP) is 1.47. The first-order valence-electron chi connectivity index (χ1n) is 5.39. The third kappa shape index (κ3) is 4.03. The van der Waals surface area contributed by atoms with Crippen molar-refractivity contribution in [3.63, 3.8) is 0 Å². The molecule has 18 heavy (non-hydrogen) atoms. The van der Waals surface area contributed by atoms with Crippen molar-refractivity contribution in [1.82, 2.24) is 5.48 Å². The van der Waals surface area contributed by atoms with Gasteiger partial charge < -0.3 is 9.57 Å². The molecule has 0 aliphatic heterocycles. The van der Waals surface area contributed by atoms with E-state index in [1.165, 1.54) is 13.2 Å². The minimum atomic E-state index is -0.750. The molecular formula is C13H15NO4. The Labute approximate surface area is 105 Å². The first-order chi connectivity index (χ1) is 8.69. The normalized spacial score (nSPS) is 11.4. The first-order valence-corrected chi connectivity index (χ1v) is 5.39. The molecule has 0 aliphatic carbocycles. The van der Waals surface area contributed by atoms with Crippen LogP contribution in [0.25, 0.3) is 0 Å². The van der Waals surface area contributed by atoms with Crippen molar-refractivity contribution in [2.45, 2.75) is 12.5 Å². The molecule has 5 nitrogen and oxygen atoms in total. The second kappa shape index (κ2) is 7.24. The van der Waals surface area contributed by atoms with Gasteiger partial charge in [-0.1, -0.05) is 24.3 Å². The van der Waals surface area contributed by atoms with E-state index in [4.69, 9.17) is 4.84 Å². The zero-order valence-corrected chi connectivity index (χ0v) is 10.1. The van der Waals surface area contributed by atoms with E-state index >= 15 is 0 Å². The van der Waals surface area contributed by atoms with Gasteiger partial charge in [-0.3, -0.25) is 4.79 Å². The van der Waals surface area contributed by atoms with Crippen LogP contribution in [0.1, 0.15) is 16.8 Å². The highest BCUT2D eigenvalue weighted by atomic mass is 16.7. The molecule has 0 bridgehead atoms. The molecule has 1 rings (SSSR count). The number of carbonyl (C=O) groups excluding carboxylic acids is 2. The van der Waals surface area contributed by atoms with Crippen molar-refractivity contribution in [3.8, 4) is 0 Å². The molecule has 5 heteroatoms. The Balaban J connectivity index is 2.54. The lowest BCUT2D eigenvalue weighted by atomic mass is 10.2. The van der Waals surface area contributed by atoms with Crippen molar-refractivity contribution >= 4 is 11.9 Å². The maximum atomic E-state index is 11.6. The maximum Gasteiger partial charge on any atom is 0.356 e. The molecule has 1 atom stereocenters. The van der Waals surface area contributed by atoms with Gasteiger partial charge in [-0.15, -0.1) is 12.1 Å². The van der Waals surface area contributed by atoms with E-state index in [-0.39, 0.29) is 0 Å². The molecule has 0 fully saturated rings. The van der Waals surface area contributed by atoms with Crippen molar-refractivity contribution in [1.29, 1.82) is 0 Å². The van der Waals surface area contributed by atoms with E-state index in [0.717, 1.165) is 0 Å². The molecule has 96 valence electrons. The molecule has 1 N–H and O–H groups in total. The summed E-state index contributed by atoms with van der Waals surface area (Å²) in [6.45, 7) is 3.51. The largest absolute Gasteiger partial charge is 0.468 e. The Kier molecular flexibility index (Phi) is 5.60. The Hall–Kier alpha value is -2.14. The number of hydrogen-bond donors (Lipinski definition) is 1. The fraction of sp³-hybridized carbons (Fsp3) is 0.231. The van der Waals surface area contributed by atoms with Gasteiger partial charge in [0.25, 0.3) is 0 Å². The van der Waals surface area contributed by atoms with Crippen LogP contribution in [0.3, 0.4) is 0 Å². The fourth-order valence-electron chi connectivity index (χ4n) is 1.26. The first kappa shape index (κ1) is 13.9. The number of ether oxygens (including phenoxy) is 1. The minimum absolute atomic E-state index is 0.300. The van der Waals surface area contributed by atoms with Crippen LogP contribution >= 0.6 is 0 Å². The fourth-order valence-corrected chi connectivity index (χ4v) is 1.26. The second-order valence-corrected chi connectivity index (χ2v) is 3.47. The summed E-state index contributed by atoms with van der Waals surface area (Å²) in [7, 11) is 1.26. The van der Waals surface area contributed by atoms with Crippen LogP contribution < -0.4 is 5.48 Å². The van der Waals surface area contributed by atoms with E-state index in [0.29, 0.717) is 12.0 Å². The van der Waals surface area contributed by atoms with Crippen LogP contribution in [0.5, 0.6) is 0 Å². The number of rotatable bonds is 6. The van der Waals surface area contributed by atoms with Crippen LogP contribution in [0, 0.1) is 0 Å². The van der Waals surface area contributed by atoms with Crippen molar-refractivity contribution in [3.05, 3.63) is 48.6 Å². The minimum Gasteiger partial charge on any atom is -0.468 e. The molecule has 1 aromatic carbocycles. The monoisotopic (exact) mass is 249 g/mol. The standard InChI is InChI=1S/C13H15NO4/c1-3-7-11(13(16)17-2)14-18-12(15)10-8-5-4-6-9-10/h3-6,8-9,11,14H,1,7H2,2H3. The van der Waals surface area contributed by atoms with Crippen molar-refractivity contribution in [2.24, 2.45) is 0 Å². The van der Waals surface area contributed by atoms with Gasteiger partial charge in [0.05, 0.1) is 12.7 Å². The van der Waals surface area contributed by atoms with Gasteiger partial charge in [0, 0.05) is 0 Å². The van der Waals surface area contributed by atoms with Crippen LogP contribution in [0.15, 0.2) is 43.0 Å². The van der Waals surface area contributed by atoms with E-state index in [1.54, 1.807) is 30.3 Å². The van der Waals surface area contributed by atoms with Gasteiger partial charge in [0.15, 0.2) is 0 Å². The summed E-state index contributed by atoms with van der Waals surface area (Å²) in [5, 5.41) is 0. The summed E-state index contributed by atoms with van der Waals surface area (Å²) in [5.41, 5.74) is 2.77. The molecule has 0 aromatic heterocycles. The predicted molar refractivity (Wildman–Crippen MR) is 65.6 cm³/mol. The lowest BCUT2D eigenvalue weighted by molar-refractivity contribution is -0.146. The third-order valence-electron chi connectivity index (χ3n) is 2.19. The van der Waals surface area contributed by atoms with Crippen LogP contribution in [0.4, 0.5) is 0 Å². The zero-order valence-electron chi connectivity index (χ0n) is 10.1. The molecule has 0 amide bonds. The van der Waals surface area contributed by atoms with Crippen LogP contribution in [-0.4, -0.2) is 25.1 Å². The lowest BCUT2D eigenvalue weighted by Gasteiger charge is -2.13. The topological polar surface area (TPSA) is 64.6 Å². The smallest absolute Gasteiger partial charge is 0.356 e. The molecular weight excluding hydrogens is 234 g/mol. The van der Waals surface area contributed by atoms with Crippen LogP contribution in [-0.2, 0) is 14.4 Å². The van der Waals surface area contributed by atoms with Gasteiger partial charge in [0.2, 0.25) is 0 Å². The average Bonchev–Trinajstić information content (AvgIpc) is 2.43. The van der Waals surface area contributed by atoms with Crippen LogP contribution in [0.2, 0.25) is 0 Å². The van der Waals surface area contributed by atoms with Gasteiger partial charge in [0.1, 0.15) is 6.04 Å². The van der Waals surface area contributed by atoms with Gasteiger partial charge in [-0.05, 0) is 18.6 Å². The summed E-state index contributed by atoms with van der Waals surface area (Å²) < 4.78 is 4.56. The molecule has 0 heterocycles. The Morgan fingerprint density at radius 2 is 2.06 bits per heavy atom. The number of nitrogens with one attached hydrogen (secondary N) is 1. The number of hydroxylamine groups is 1. The highest BCUT2D eigenvalue weighted by Crippen LogP contribution is 2.02. The van der Waals surface area contributed by atoms with Gasteiger partial charge >= 0.3 is 11.9 Å². The molecule has 1 unspecified atom stereocenters. The maximum absolute atomic E-state index is 11.6. The van der Waals surface area contributed by atoms with Gasteiger partial charge in [-0.25, -0.2) is 4.79 Å². The van der Waals surface area contributed by atoms with Crippen molar-refractivity contribution < 1.29 is 19.2 Å². The molecule has 0 saturated heterocycles. The van der Waals surface area contributed by atoms with E-state index < -0.39 is 18.0 Å². The number of esters is 1. The lowest BCUT2D eigenvalue weighted by Crippen LogP contribution is -2.38. The van der Waals surface area contributed by atoms with E-state index in [1.807, 2.05) is 0 Å². The summed E-state index contributed by atoms with van der Waals surface area (Å²) in [6.07, 6.45) is 1.83. The van der Waals surface area contributed by atoms with Crippen molar-refractivity contribution in [2.75, 3.05) is 7.11 Å². The highest BCUT2D eigenvalue weighted by Gasteiger charge is 2.19. The SMILES string of the molecule is C=CCC(NOC(=O)c1ccccc1)C(=O)OC. The quantitative estimate of drug-likeness (QED) is 0.470. The number of benzene rings is 1. The number of hydrogen-bond acceptors (Lipinski definition) is 5. The highest BCUT2D eigenvalue weighted by molar-refractivity contribution is 5.89. The summed E-state index contributed by atoms with van der Waals surface area (Å²) >= 11 is 0. The Morgan fingerprint density at radius 3 is 2.61 bits per heavy atom. The second-order valence-electron chi connectivity index (χ2n) is 3.47. The Morgan fingerprint density at radius 1 is 1.39 bits per heavy atom. The van der Waals surface area contributed by atoms with Gasteiger partial charge in [-0.2, -0.15) is 0 Å². The molecule has 0 radical (unpaired) electrons. The Bertz CT molecular complexity index is 416. The third-order valence-corrected chi connectivity index (χ3v) is 2.19. The molecule has 0 aliphatic rings. The zero-order chi connectivity index (χ0) is 13.4. The number of carbonyl (C=O) groups is 2. The average molecular weight is 249 g/mol. The number of methoxy groups -OCH3 is 1. The molecule has 0 spiro atoms. The summed E-state index contributed by atoms with van der Waals surface area (Å²) in [4.78, 5) is 27.8. The molecule has 0 saturated carbocycles. The summed E-state index contributed by atoms with van der Waals surface area (Å²) in [6, 6.07) is 7.71. The summed E-state index contributed by atoms with van der Waals surface area (Å²) in [5.74, 6) is -1.08. The van der Waals surface area contributed by atoms with E-state index in [2.05, 4.69) is 16.8 Å². The van der Waals surface area contributed by atoms with E-state index in [9.17, 15) is 9.59 Å².